The highest BCUT2D eigenvalue weighted by atomic mass is 35.5. The minimum atomic E-state index is -0.495. The molecule has 0 spiro atoms. The van der Waals surface area contributed by atoms with Crippen LogP contribution in [0, 0.1) is 6.92 Å². The second kappa shape index (κ2) is 11.0. The highest BCUT2D eigenvalue weighted by Crippen LogP contribution is 2.28. The van der Waals surface area contributed by atoms with Gasteiger partial charge in [0, 0.05) is 10.6 Å². The van der Waals surface area contributed by atoms with Crippen LogP contribution in [0.5, 0.6) is 11.5 Å². The van der Waals surface area contributed by atoms with Crippen molar-refractivity contribution < 1.29 is 19.1 Å². The number of hydrogen-bond donors (Lipinski definition) is 1. The Morgan fingerprint density at radius 2 is 1.74 bits per heavy atom. The maximum absolute atomic E-state index is 12.7. The third-order valence-corrected chi connectivity index (χ3v) is 5.55. The van der Waals surface area contributed by atoms with Crippen LogP contribution in [0.4, 0.5) is 0 Å². The summed E-state index contributed by atoms with van der Waals surface area (Å²) in [6.45, 7) is 1.60. The number of fused-ring (bicyclic) bond motifs is 1. The third kappa shape index (κ3) is 6.18. The summed E-state index contributed by atoms with van der Waals surface area (Å²) in [5.74, 6) is -0.339. The van der Waals surface area contributed by atoms with Crippen molar-refractivity contribution in [2.75, 3.05) is 6.61 Å². The number of aryl methyl sites for hydroxylation is 1. The molecule has 0 aliphatic rings. The maximum Gasteiger partial charge on any atom is 0.343 e. The first-order chi connectivity index (χ1) is 16.9. The maximum atomic E-state index is 12.7. The van der Waals surface area contributed by atoms with Gasteiger partial charge in [-0.2, -0.15) is 5.10 Å². The number of benzene rings is 4. The van der Waals surface area contributed by atoms with E-state index in [0.29, 0.717) is 32.7 Å². The standard InChI is InChI=1S/C27H20Cl2N2O4/c1-17-5-4-7-19(13-17)27(33)35-24-11-9-18-6-2-3-8-21(18)22(24)15-30-31-26(32)16-34-25-12-10-20(28)14-23(25)29/h2-15H,16H2,1H3,(H,31,32)/b30-15-. The molecule has 0 unspecified atom stereocenters. The Labute approximate surface area is 212 Å². The number of halogens is 2. The molecular formula is C27H20Cl2N2O4. The summed E-state index contributed by atoms with van der Waals surface area (Å²) in [7, 11) is 0. The topological polar surface area (TPSA) is 77.0 Å². The second-order valence-electron chi connectivity index (χ2n) is 7.61. The normalized spacial score (nSPS) is 10.9. The molecule has 8 heteroatoms. The minimum Gasteiger partial charge on any atom is -0.482 e. The Morgan fingerprint density at radius 3 is 2.54 bits per heavy atom. The lowest BCUT2D eigenvalue weighted by atomic mass is 10.0. The highest BCUT2D eigenvalue weighted by Gasteiger charge is 2.14. The minimum absolute atomic E-state index is 0.296. The van der Waals surface area contributed by atoms with Crippen LogP contribution in [0.25, 0.3) is 10.8 Å². The monoisotopic (exact) mass is 506 g/mol. The van der Waals surface area contributed by atoms with Gasteiger partial charge < -0.3 is 9.47 Å². The fourth-order valence-corrected chi connectivity index (χ4v) is 3.83. The van der Waals surface area contributed by atoms with Crippen molar-refractivity contribution >= 4 is 52.1 Å². The molecule has 4 aromatic carbocycles. The second-order valence-corrected chi connectivity index (χ2v) is 8.46. The average molecular weight is 507 g/mol. The lowest BCUT2D eigenvalue weighted by Crippen LogP contribution is -2.24. The molecule has 6 nitrogen and oxygen atoms in total. The fourth-order valence-electron chi connectivity index (χ4n) is 3.37. The van der Waals surface area contributed by atoms with Crippen LogP contribution in [0.3, 0.4) is 0 Å². The van der Waals surface area contributed by atoms with Gasteiger partial charge in [0.05, 0.1) is 16.8 Å². The Kier molecular flexibility index (Phi) is 7.65. The molecule has 0 radical (unpaired) electrons. The highest BCUT2D eigenvalue weighted by molar-refractivity contribution is 6.35. The number of hydrazone groups is 1. The van der Waals surface area contributed by atoms with Crippen molar-refractivity contribution in [1.82, 2.24) is 5.43 Å². The van der Waals surface area contributed by atoms with Gasteiger partial charge in [0.15, 0.2) is 6.61 Å². The summed E-state index contributed by atoms with van der Waals surface area (Å²) in [5, 5.41) is 6.54. The summed E-state index contributed by atoms with van der Waals surface area (Å²) in [6, 6.07) is 23.0. The van der Waals surface area contributed by atoms with Crippen LogP contribution in [0.2, 0.25) is 10.0 Å². The number of hydrogen-bond acceptors (Lipinski definition) is 5. The summed E-state index contributed by atoms with van der Waals surface area (Å²) in [4.78, 5) is 25.0. The van der Waals surface area contributed by atoms with Crippen molar-refractivity contribution in [2.45, 2.75) is 6.92 Å². The van der Waals surface area contributed by atoms with Crippen LogP contribution in [0.1, 0.15) is 21.5 Å². The van der Waals surface area contributed by atoms with Crippen LogP contribution >= 0.6 is 23.2 Å². The Morgan fingerprint density at radius 1 is 0.943 bits per heavy atom. The lowest BCUT2D eigenvalue weighted by Gasteiger charge is -2.11. The zero-order chi connectivity index (χ0) is 24.8. The van der Waals surface area contributed by atoms with Crippen molar-refractivity contribution in [3.05, 3.63) is 106 Å². The molecule has 1 amide bonds. The predicted molar refractivity (Wildman–Crippen MR) is 138 cm³/mol. The predicted octanol–water partition coefficient (Wildman–Crippen LogP) is 6.20. The molecule has 1 N–H and O–H groups in total. The van der Waals surface area contributed by atoms with Crippen LogP contribution in [0.15, 0.2) is 84.0 Å². The van der Waals surface area contributed by atoms with E-state index >= 15 is 0 Å². The molecule has 4 rings (SSSR count). The van der Waals surface area contributed by atoms with E-state index in [0.717, 1.165) is 16.3 Å². The van der Waals surface area contributed by atoms with Gasteiger partial charge >= 0.3 is 5.97 Å². The number of carbonyl (C=O) groups is 2. The van der Waals surface area contributed by atoms with Gasteiger partial charge in [-0.1, -0.05) is 71.2 Å². The van der Waals surface area contributed by atoms with E-state index in [9.17, 15) is 9.59 Å². The number of carbonyl (C=O) groups excluding carboxylic acids is 2. The first-order valence-electron chi connectivity index (χ1n) is 10.6. The van der Waals surface area contributed by atoms with Crippen LogP contribution in [-0.4, -0.2) is 24.7 Å². The molecule has 0 aromatic heterocycles. The SMILES string of the molecule is Cc1cccc(C(=O)Oc2ccc3ccccc3c2/C=N\NC(=O)COc2ccc(Cl)cc2Cl)c1. The van der Waals surface area contributed by atoms with Crippen molar-refractivity contribution in [3.8, 4) is 11.5 Å². The average Bonchev–Trinajstić information content (AvgIpc) is 2.84. The molecule has 0 aliphatic carbocycles. The van der Waals surface area contributed by atoms with Gasteiger partial charge in [0.2, 0.25) is 0 Å². The summed E-state index contributed by atoms with van der Waals surface area (Å²) >= 11 is 11.9. The van der Waals surface area contributed by atoms with Gasteiger partial charge in [-0.3, -0.25) is 4.79 Å². The zero-order valence-corrected chi connectivity index (χ0v) is 20.1. The van der Waals surface area contributed by atoms with E-state index in [4.69, 9.17) is 32.7 Å². The van der Waals surface area contributed by atoms with Gasteiger partial charge in [-0.25, -0.2) is 10.2 Å². The number of nitrogens with one attached hydrogen (secondary N) is 1. The van der Waals surface area contributed by atoms with Crippen molar-refractivity contribution in [2.24, 2.45) is 5.10 Å². The largest absolute Gasteiger partial charge is 0.482 e. The molecule has 0 saturated heterocycles. The van der Waals surface area contributed by atoms with Crippen LogP contribution in [-0.2, 0) is 4.79 Å². The van der Waals surface area contributed by atoms with Gasteiger partial charge in [0.1, 0.15) is 11.5 Å². The van der Waals surface area contributed by atoms with E-state index in [1.54, 1.807) is 36.4 Å². The molecule has 0 saturated carbocycles. The van der Waals surface area contributed by atoms with Crippen molar-refractivity contribution in [3.63, 3.8) is 0 Å². The van der Waals surface area contributed by atoms with Gasteiger partial charge in [-0.05, 0) is 54.1 Å². The molecule has 4 aromatic rings. The molecule has 0 bridgehead atoms. The molecular weight excluding hydrogens is 487 g/mol. The summed E-state index contributed by atoms with van der Waals surface area (Å²) in [5.41, 5.74) is 4.35. The quantitative estimate of drug-likeness (QED) is 0.140. The summed E-state index contributed by atoms with van der Waals surface area (Å²) in [6.07, 6.45) is 1.44. The first kappa shape index (κ1) is 24.3. The fraction of sp³-hybridized carbons (Fsp3) is 0.0741. The van der Waals surface area contributed by atoms with Gasteiger partial charge in [-0.15, -0.1) is 0 Å². The number of ether oxygens (including phenoxy) is 2. The smallest absolute Gasteiger partial charge is 0.343 e. The molecule has 0 heterocycles. The van der Waals surface area contributed by atoms with E-state index in [1.807, 2.05) is 43.3 Å². The Hall–Kier alpha value is -3.87. The van der Waals surface area contributed by atoms with E-state index < -0.39 is 11.9 Å². The van der Waals surface area contributed by atoms with E-state index in [2.05, 4.69) is 10.5 Å². The Bertz CT molecular complexity index is 1440. The number of esters is 1. The van der Waals surface area contributed by atoms with E-state index in [-0.39, 0.29) is 6.61 Å². The summed E-state index contributed by atoms with van der Waals surface area (Å²) < 4.78 is 11.1. The molecule has 35 heavy (non-hydrogen) atoms. The van der Waals surface area contributed by atoms with Crippen molar-refractivity contribution in [1.29, 1.82) is 0 Å². The lowest BCUT2D eigenvalue weighted by molar-refractivity contribution is -0.123. The number of nitrogens with zero attached hydrogens (tertiary/aromatic N) is 1. The number of rotatable bonds is 7. The Balaban J connectivity index is 1.51. The van der Waals surface area contributed by atoms with Crippen LogP contribution < -0.4 is 14.9 Å². The molecule has 0 fully saturated rings. The molecule has 0 atom stereocenters. The van der Waals surface area contributed by atoms with E-state index in [1.165, 1.54) is 12.3 Å². The molecule has 0 aliphatic heterocycles. The molecule has 176 valence electrons. The number of amides is 1. The third-order valence-electron chi connectivity index (χ3n) is 5.02. The van der Waals surface area contributed by atoms with Gasteiger partial charge in [0.25, 0.3) is 5.91 Å². The first-order valence-corrected chi connectivity index (χ1v) is 11.4. The zero-order valence-electron chi connectivity index (χ0n) is 18.6.